The highest BCUT2D eigenvalue weighted by atomic mass is 31.2. The number of rotatable bonds is 60. The number of phosphoric ester groups is 2. The van der Waals surface area contributed by atoms with Gasteiger partial charge in [0.2, 0.25) is 0 Å². The van der Waals surface area contributed by atoms with Crippen molar-refractivity contribution in [3.8, 4) is 0 Å². The minimum Gasteiger partial charge on any atom is -0.462 e. The summed E-state index contributed by atoms with van der Waals surface area (Å²) in [7, 11) is -9.89. The van der Waals surface area contributed by atoms with Crippen LogP contribution in [0.5, 0.6) is 0 Å². The van der Waals surface area contributed by atoms with E-state index in [1.54, 1.807) is 0 Å². The van der Waals surface area contributed by atoms with Gasteiger partial charge in [0.1, 0.15) is 19.3 Å². The number of aliphatic hydroxyl groups is 1. The summed E-state index contributed by atoms with van der Waals surface area (Å²) in [6, 6.07) is 0. The Balaban J connectivity index is 5.22. The van der Waals surface area contributed by atoms with Gasteiger partial charge in [0, 0.05) is 25.7 Å². The van der Waals surface area contributed by atoms with Crippen LogP contribution in [-0.2, 0) is 65.4 Å². The molecular weight excluding hydrogens is 1080 g/mol. The SMILES string of the molecule is CCCCCC/C=C\C=C/CCCCCCCC(=O)O[C@H](COC(=O)CCCCCCCCCCCCC)COP(=O)(O)OC[C@@H](O)COP(=O)(O)OC[C@@H](COC(=O)CCCCCCC)OC(=O)CCCCCCCCCC(C)C. The van der Waals surface area contributed by atoms with Gasteiger partial charge in [0.15, 0.2) is 12.2 Å². The molecule has 81 heavy (non-hydrogen) atoms. The first-order valence-electron chi connectivity index (χ1n) is 32.0. The molecule has 5 atom stereocenters. The molecule has 0 amide bonds. The molecule has 0 aromatic carbocycles. The predicted molar refractivity (Wildman–Crippen MR) is 321 cm³/mol. The van der Waals surface area contributed by atoms with Crippen LogP contribution in [0.2, 0.25) is 0 Å². The molecule has 3 N–H and O–H groups in total. The molecule has 0 aliphatic rings. The maximum atomic E-state index is 12.9. The standard InChI is InChI=1S/C62H116O17P2/c1-6-9-12-15-17-19-21-22-23-24-26-28-32-37-42-47-61(66)79-58(52-73-60(65)46-41-36-31-27-25-20-18-16-13-10-7-2)54-77-81(70,71)75-50-56(63)49-74-80(68,69)76-53-57(51-72-59(64)45-40-34-14-11-8-3)78-62(67)48-43-38-33-29-30-35-39-44-55(4)5/h19,21-23,55-58,63H,6-18,20,24-54H2,1-5H3,(H,68,69)(H,70,71)/b21-19-,23-22-/t56-,57+,58+/m0/s1. The molecule has 0 saturated heterocycles. The molecule has 0 bridgehead atoms. The zero-order valence-electron chi connectivity index (χ0n) is 51.4. The molecule has 0 fully saturated rings. The zero-order valence-corrected chi connectivity index (χ0v) is 53.2. The number of unbranched alkanes of at least 4 members (excludes halogenated alkanes) is 29. The fourth-order valence-electron chi connectivity index (χ4n) is 8.69. The van der Waals surface area contributed by atoms with Gasteiger partial charge in [-0.2, -0.15) is 0 Å². The van der Waals surface area contributed by atoms with Gasteiger partial charge in [0.25, 0.3) is 0 Å². The third-order valence-electron chi connectivity index (χ3n) is 13.7. The van der Waals surface area contributed by atoms with Crippen molar-refractivity contribution in [1.29, 1.82) is 0 Å². The average molecular weight is 1200 g/mol. The lowest BCUT2D eigenvalue weighted by atomic mass is 10.0. The third kappa shape index (κ3) is 56.4. The summed E-state index contributed by atoms with van der Waals surface area (Å²) >= 11 is 0. The molecule has 0 radical (unpaired) electrons. The Morgan fingerprint density at radius 1 is 0.383 bits per heavy atom. The van der Waals surface area contributed by atoms with Crippen molar-refractivity contribution in [3.63, 3.8) is 0 Å². The summed E-state index contributed by atoms with van der Waals surface area (Å²) in [5.41, 5.74) is 0. The quantitative estimate of drug-likeness (QED) is 0.0169. The van der Waals surface area contributed by atoms with Gasteiger partial charge in [-0.05, 0) is 57.3 Å². The average Bonchev–Trinajstić information content (AvgIpc) is 3.43. The van der Waals surface area contributed by atoms with E-state index in [1.807, 2.05) is 0 Å². The number of carbonyl (C=O) groups excluding carboxylic acids is 4. The molecule has 476 valence electrons. The third-order valence-corrected chi connectivity index (χ3v) is 15.6. The van der Waals surface area contributed by atoms with Gasteiger partial charge in [-0.1, -0.05) is 232 Å². The topological polar surface area (TPSA) is 237 Å². The van der Waals surface area contributed by atoms with Gasteiger partial charge in [-0.25, -0.2) is 9.13 Å². The van der Waals surface area contributed by atoms with E-state index in [9.17, 15) is 43.2 Å². The molecule has 17 nitrogen and oxygen atoms in total. The van der Waals surface area contributed by atoms with Gasteiger partial charge in [-0.15, -0.1) is 0 Å². The number of phosphoric acid groups is 2. The molecule has 0 spiro atoms. The lowest BCUT2D eigenvalue weighted by molar-refractivity contribution is -0.161. The molecule has 19 heteroatoms. The van der Waals surface area contributed by atoms with Crippen molar-refractivity contribution in [3.05, 3.63) is 24.3 Å². The first-order valence-corrected chi connectivity index (χ1v) is 34.9. The van der Waals surface area contributed by atoms with E-state index in [4.69, 9.17) is 37.0 Å². The highest BCUT2D eigenvalue weighted by Crippen LogP contribution is 2.45. The molecule has 0 rings (SSSR count). The maximum Gasteiger partial charge on any atom is 0.472 e. The molecule has 0 saturated carbocycles. The van der Waals surface area contributed by atoms with E-state index in [1.165, 1.54) is 89.9 Å². The molecular formula is C62H116O17P2. The van der Waals surface area contributed by atoms with Crippen LogP contribution in [-0.4, -0.2) is 96.7 Å². The van der Waals surface area contributed by atoms with Crippen molar-refractivity contribution >= 4 is 39.5 Å². The summed E-state index contributed by atoms with van der Waals surface area (Å²) in [5.74, 6) is -1.48. The number of ether oxygens (including phenoxy) is 4. The largest absolute Gasteiger partial charge is 0.472 e. The fraction of sp³-hybridized carbons (Fsp3) is 0.871. The molecule has 0 heterocycles. The lowest BCUT2D eigenvalue weighted by Crippen LogP contribution is -2.30. The van der Waals surface area contributed by atoms with Crippen LogP contribution in [0.4, 0.5) is 0 Å². The first-order chi connectivity index (χ1) is 39.0. The monoisotopic (exact) mass is 1190 g/mol. The van der Waals surface area contributed by atoms with E-state index < -0.39 is 97.5 Å². The van der Waals surface area contributed by atoms with E-state index in [2.05, 4.69) is 58.9 Å². The minimum absolute atomic E-state index is 0.0849. The second-order valence-electron chi connectivity index (χ2n) is 22.2. The Morgan fingerprint density at radius 3 is 1.01 bits per heavy atom. The van der Waals surface area contributed by atoms with Crippen LogP contribution in [0.1, 0.15) is 285 Å². The molecule has 0 aliphatic carbocycles. The Morgan fingerprint density at radius 2 is 0.667 bits per heavy atom. The lowest BCUT2D eigenvalue weighted by Gasteiger charge is -2.21. The minimum atomic E-state index is -4.95. The van der Waals surface area contributed by atoms with Crippen LogP contribution < -0.4 is 0 Å². The summed E-state index contributed by atoms with van der Waals surface area (Å²) in [5, 5.41) is 10.5. The maximum absolute atomic E-state index is 12.9. The summed E-state index contributed by atoms with van der Waals surface area (Å²) in [6.45, 7) is 6.95. The van der Waals surface area contributed by atoms with Gasteiger partial charge in [-0.3, -0.25) is 37.3 Å². The summed E-state index contributed by atoms with van der Waals surface area (Å²) in [4.78, 5) is 71.8. The number of esters is 4. The second kappa shape index (κ2) is 55.4. The van der Waals surface area contributed by atoms with Gasteiger partial charge < -0.3 is 33.8 Å². The summed E-state index contributed by atoms with van der Waals surface area (Å²) < 4.78 is 67.6. The highest BCUT2D eigenvalue weighted by Gasteiger charge is 2.30. The Hall–Kier alpha value is -2.46. The van der Waals surface area contributed by atoms with Crippen molar-refractivity contribution in [2.45, 2.75) is 303 Å². The second-order valence-corrected chi connectivity index (χ2v) is 25.1. The Kier molecular flexibility index (Phi) is 53.7. The molecule has 0 aromatic rings. The van der Waals surface area contributed by atoms with Crippen molar-refractivity contribution in [2.75, 3.05) is 39.6 Å². The zero-order chi connectivity index (χ0) is 59.9. The van der Waals surface area contributed by atoms with Crippen molar-refractivity contribution in [2.24, 2.45) is 5.92 Å². The highest BCUT2D eigenvalue weighted by molar-refractivity contribution is 7.47. The van der Waals surface area contributed by atoms with Crippen LogP contribution in [0.15, 0.2) is 24.3 Å². The van der Waals surface area contributed by atoms with E-state index >= 15 is 0 Å². The number of hydrogen-bond acceptors (Lipinski definition) is 15. The van der Waals surface area contributed by atoms with Crippen LogP contribution in [0.3, 0.4) is 0 Å². The van der Waals surface area contributed by atoms with Crippen LogP contribution in [0, 0.1) is 5.92 Å². The summed E-state index contributed by atoms with van der Waals surface area (Å²) in [6.07, 6.45) is 41.6. The molecule has 0 aliphatic heterocycles. The van der Waals surface area contributed by atoms with Crippen LogP contribution in [0.25, 0.3) is 0 Å². The van der Waals surface area contributed by atoms with E-state index in [0.717, 1.165) is 109 Å². The van der Waals surface area contributed by atoms with Gasteiger partial charge >= 0.3 is 39.5 Å². The normalized spacial score (nSPS) is 14.5. The number of hydrogen-bond donors (Lipinski definition) is 3. The van der Waals surface area contributed by atoms with Crippen LogP contribution >= 0.6 is 15.6 Å². The fourth-order valence-corrected chi connectivity index (χ4v) is 10.3. The number of carbonyl (C=O) groups is 4. The van der Waals surface area contributed by atoms with E-state index in [-0.39, 0.29) is 25.7 Å². The van der Waals surface area contributed by atoms with E-state index in [0.29, 0.717) is 31.6 Å². The van der Waals surface area contributed by atoms with Crippen molar-refractivity contribution in [1.82, 2.24) is 0 Å². The van der Waals surface area contributed by atoms with Crippen molar-refractivity contribution < 1.29 is 80.2 Å². The van der Waals surface area contributed by atoms with Gasteiger partial charge in [0.05, 0.1) is 26.4 Å². The number of allylic oxidation sites excluding steroid dienone is 4. The smallest absolute Gasteiger partial charge is 0.462 e. The molecule has 2 unspecified atom stereocenters. The Bertz CT molecular complexity index is 1680. The molecule has 0 aromatic heterocycles. The Labute approximate surface area is 491 Å². The number of aliphatic hydroxyl groups excluding tert-OH is 1. The first kappa shape index (κ1) is 78.5. The predicted octanol–water partition coefficient (Wildman–Crippen LogP) is 16.6.